The second kappa shape index (κ2) is 16.8. The van der Waals surface area contributed by atoms with Crippen LogP contribution in [0.1, 0.15) is 39.5 Å². The van der Waals surface area contributed by atoms with Gasteiger partial charge in [-0.3, -0.25) is 19.2 Å². The number of aliphatic carboxylic acids is 2. The Balaban J connectivity index is 0. The SMILES string of the molecule is CCC(CC(CC(CC(C)C(=O)OCCO)C(=O)O)C(=O)O)C(=O)OCC[P+](C)(C)C.[Na+]. The number of carboxylic acids is 2. The number of ether oxygens (including phenoxy) is 2. The van der Waals surface area contributed by atoms with Crippen LogP contribution in [-0.2, 0) is 28.7 Å². The molecule has 0 heterocycles. The van der Waals surface area contributed by atoms with Gasteiger partial charge in [-0.2, -0.15) is 0 Å². The third-order valence-corrected chi connectivity index (χ3v) is 6.57. The van der Waals surface area contributed by atoms with Crippen molar-refractivity contribution in [2.75, 3.05) is 46.0 Å². The first-order chi connectivity index (χ1) is 14.3. The molecule has 0 fully saturated rings. The third-order valence-electron chi connectivity index (χ3n) is 5.05. The molecule has 0 spiro atoms. The average molecular weight is 488 g/mol. The Bertz CT molecular complexity index is 607. The molecule has 0 aromatic carbocycles. The predicted octanol–water partition coefficient (Wildman–Crippen LogP) is -0.790. The number of aliphatic hydroxyl groups excluding tert-OH is 1. The standard InChI is InChI=1S/C21H37O9P.Na/c1-6-15(21(28)30-9-10-31(3,4)5)12-17(19(25)26)13-16(18(23)24)11-14(2)20(27)29-8-7-22;/h14-17,22H,6-13H2,1-5H3,(H-,23,24,25,26);/q;+1/p+1. The summed E-state index contributed by atoms with van der Waals surface area (Å²) in [5, 5.41) is 27.9. The van der Waals surface area contributed by atoms with E-state index in [1.165, 1.54) is 6.92 Å². The second-order valence-electron chi connectivity index (χ2n) is 8.86. The first-order valence-electron chi connectivity index (χ1n) is 10.5. The molecule has 0 aliphatic rings. The van der Waals surface area contributed by atoms with Crippen LogP contribution in [0.2, 0.25) is 0 Å². The third kappa shape index (κ3) is 14.4. The van der Waals surface area contributed by atoms with Gasteiger partial charge in [0.25, 0.3) is 0 Å². The van der Waals surface area contributed by atoms with E-state index in [9.17, 15) is 29.4 Å². The summed E-state index contributed by atoms with van der Waals surface area (Å²) < 4.78 is 10.1. The van der Waals surface area contributed by atoms with Gasteiger partial charge >= 0.3 is 53.4 Å². The van der Waals surface area contributed by atoms with Crippen molar-refractivity contribution in [3.05, 3.63) is 0 Å². The molecule has 3 N–H and O–H groups in total. The fourth-order valence-corrected chi connectivity index (χ4v) is 3.70. The molecule has 9 nitrogen and oxygen atoms in total. The molecule has 0 bridgehead atoms. The van der Waals surface area contributed by atoms with Crippen LogP contribution >= 0.6 is 7.26 Å². The van der Waals surface area contributed by atoms with Gasteiger partial charge in [-0.05, 0) is 25.7 Å². The Hall–Kier alpha value is -0.730. The number of carboxylic acid groups (broad SMARTS) is 2. The van der Waals surface area contributed by atoms with Gasteiger partial charge in [0.1, 0.15) is 13.2 Å². The van der Waals surface area contributed by atoms with Crippen LogP contribution in [0.4, 0.5) is 0 Å². The molecule has 0 aromatic rings. The first kappa shape index (κ1) is 33.4. The molecule has 0 amide bonds. The maximum absolute atomic E-state index is 12.4. The number of esters is 2. The van der Waals surface area contributed by atoms with Crippen LogP contribution in [0.15, 0.2) is 0 Å². The fourth-order valence-electron chi connectivity index (χ4n) is 3.06. The van der Waals surface area contributed by atoms with E-state index in [4.69, 9.17) is 14.6 Å². The largest absolute Gasteiger partial charge is 1.00 e. The van der Waals surface area contributed by atoms with Gasteiger partial charge in [-0.25, -0.2) is 0 Å². The van der Waals surface area contributed by atoms with Crippen molar-refractivity contribution in [2.45, 2.75) is 39.5 Å². The number of hydrogen-bond donors (Lipinski definition) is 3. The number of carbonyl (C=O) groups excluding carboxylic acids is 2. The monoisotopic (exact) mass is 488 g/mol. The fraction of sp³-hybridized carbons (Fsp3) is 0.810. The Morgan fingerprint density at radius 2 is 1.28 bits per heavy atom. The summed E-state index contributed by atoms with van der Waals surface area (Å²) in [5.41, 5.74) is 0. The van der Waals surface area contributed by atoms with E-state index in [1.807, 2.05) is 0 Å². The van der Waals surface area contributed by atoms with Crippen molar-refractivity contribution >= 4 is 31.1 Å². The normalized spacial score (nSPS) is 14.9. The first-order valence-corrected chi connectivity index (χ1v) is 13.8. The van der Waals surface area contributed by atoms with Gasteiger partial charge in [0.05, 0.1) is 36.4 Å². The summed E-state index contributed by atoms with van der Waals surface area (Å²) in [4.78, 5) is 47.7. The van der Waals surface area contributed by atoms with E-state index in [1.54, 1.807) is 6.92 Å². The molecule has 4 atom stereocenters. The van der Waals surface area contributed by atoms with Crippen LogP contribution < -0.4 is 29.6 Å². The van der Waals surface area contributed by atoms with Gasteiger partial charge in [0.15, 0.2) is 0 Å². The molecular formula is C21H38NaO9P+2. The van der Waals surface area contributed by atoms with Crippen LogP contribution in [0.3, 0.4) is 0 Å². The second-order valence-corrected chi connectivity index (χ2v) is 13.9. The van der Waals surface area contributed by atoms with Gasteiger partial charge in [0, 0.05) is 27.3 Å². The van der Waals surface area contributed by atoms with Gasteiger partial charge in [-0.1, -0.05) is 13.8 Å². The van der Waals surface area contributed by atoms with Crippen molar-refractivity contribution < 1.29 is 73.5 Å². The molecule has 180 valence electrons. The molecular weight excluding hydrogens is 450 g/mol. The molecule has 0 aliphatic carbocycles. The van der Waals surface area contributed by atoms with E-state index >= 15 is 0 Å². The van der Waals surface area contributed by atoms with E-state index < -0.39 is 54.8 Å². The Kier molecular flexibility index (Phi) is 17.6. The molecule has 0 aromatic heterocycles. The van der Waals surface area contributed by atoms with Crippen LogP contribution in [0.25, 0.3) is 0 Å². The number of rotatable bonds is 16. The molecule has 11 heteroatoms. The predicted molar refractivity (Wildman–Crippen MR) is 118 cm³/mol. The van der Waals surface area contributed by atoms with Crippen LogP contribution in [0.5, 0.6) is 0 Å². The Morgan fingerprint density at radius 3 is 1.72 bits per heavy atom. The number of carbonyl (C=O) groups is 4. The summed E-state index contributed by atoms with van der Waals surface area (Å²) in [6.45, 7) is 9.41. The van der Waals surface area contributed by atoms with Gasteiger partial charge < -0.3 is 24.8 Å². The van der Waals surface area contributed by atoms with Crippen molar-refractivity contribution in [1.29, 1.82) is 0 Å². The zero-order valence-electron chi connectivity index (χ0n) is 20.2. The number of aliphatic hydroxyl groups is 1. The summed E-state index contributed by atoms with van der Waals surface area (Å²) in [6.07, 6.45) is 0.833. The Morgan fingerprint density at radius 1 is 0.812 bits per heavy atom. The van der Waals surface area contributed by atoms with E-state index in [2.05, 4.69) is 20.0 Å². The van der Waals surface area contributed by atoms with Crippen molar-refractivity contribution in [3.8, 4) is 0 Å². The molecule has 0 aliphatic heterocycles. The molecule has 0 saturated carbocycles. The minimum atomic E-state index is -1.21. The summed E-state index contributed by atoms with van der Waals surface area (Å²) in [7, 11) is -1.10. The topological polar surface area (TPSA) is 147 Å². The molecule has 4 unspecified atom stereocenters. The molecule has 0 radical (unpaired) electrons. The number of hydrogen-bond acceptors (Lipinski definition) is 7. The summed E-state index contributed by atoms with van der Waals surface area (Å²) >= 11 is 0. The zero-order chi connectivity index (χ0) is 24.2. The summed E-state index contributed by atoms with van der Waals surface area (Å²) in [6, 6.07) is 0. The zero-order valence-corrected chi connectivity index (χ0v) is 23.1. The Labute approximate surface area is 213 Å². The van der Waals surface area contributed by atoms with Crippen molar-refractivity contribution in [2.24, 2.45) is 23.7 Å². The minimum Gasteiger partial charge on any atom is -0.481 e. The maximum atomic E-state index is 12.4. The molecule has 32 heavy (non-hydrogen) atoms. The minimum absolute atomic E-state index is 0. The quantitative estimate of drug-likeness (QED) is 0.144. The summed E-state index contributed by atoms with van der Waals surface area (Å²) in [5.74, 6) is -7.06. The smallest absolute Gasteiger partial charge is 0.481 e. The van der Waals surface area contributed by atoms with Crippen LogP contribution in [0, 0.1) is 23.7 Å². The van der Waals surface area contributed by atoms with Crippen LogP contribution in [-0.4, -0.2) is 85.2 Å². The van der Waals surface area contributed by atoms with Crippen molar-refractivity contribution in [3.63, 3.8) is 0 Å². The van der Waals surface area contributed by atoms with Crippen molar-refractivity contribution in [1.82, 2.24) is 0 Å². The van der Waals surface area contributed by atoms with E-state index in [0.29, 0.717) is 6.42 Å². The molecule has 0 rings (SSSR count). The van der Waals surface area contributed by atoms with Gasteiger partial charge in [-0.15, -0.1) is 0 Å². The van der Waals surface area contributed by atoms with E-state index in [0.717, 1.165) is 6.16 Å². The average Bonchev–Trinajstić information content (AvgIpc) is 2.66. The van der Waals surface area contributed by atoms with Gasteiger partial charge in [0.2, 0.25) is 0 Å². The van der Waals surface area contributed by atoms with E-state index in [-0.39, 0.29) is 68.6 Å². The molecule has 0 saturated heterocycles. The maximum Gasteiger partial charge on any atom is 1.00 e.